The van der Waals surface area contributed by atoms with Crippen LogP contribution in [0, 0.1) is 15.9 Å². The highest BCUT2D eigenvalue weighted by atomic mass is 35.5. The Balaban J connectivity index is 1.63. The van der Waals surface area contributed by atoms with Gasteiger partial charge in [0.25, 0.3) is 16.8 Å². The predicted octanol–water partition coefficient (Wildman–Crippen LogP) is 6.21. The molecule has 0 aromatic heterocycles. The van der Waals surface area contributed by atoms with Crippen LogP contribution in [0.3, 0.4) is 0 Å². The van der Waals surface area contributed by atoms with Gasteiger partial charge in [-0.1, -0.05) is 48.0 Å². The SMILES string of the molecule is COc1cc(/C=C2\SC(=O)N(Cc3c(F)cccc3Cl)C2=O)c([N+](=O)[O-])cc1OCc1ccccc1. The lowest BCUT2D eigenvalue weighted by atomic mass is 10.1. The van der Waals surface area contributed by atoms with Gasteiger partial charge in [0.15, 0.2) is 11.5 Å². The number of amides is 2. The van der Waals surface area contributed by atoms with Gasteiger partial charge in [-0.25, -0.2) is 4.39 Å². The monoisotopic (exact) mass is 528 g/mol. The Morgan fingerprint density at radius 2 is 1.86 bits per heavy atom. The van der Waals surface area contributed by atoms with Gasteiger partial charge in [0.2, 0.25) is 0 Å². The van der Waals surface area contributed by atoms with Crippen molar-refractivity contribution in [1.82, 2.24) is 4.90 Å². The molecule has 2 amide bonds. The number of halogens is 2. The van der Waals surface area contributed by atoms with Gasteiger partial charge in [0.05, 0.1) is 35.1 Å². The maximum Gasteiger partial charge on any atom is 0.293 e. The molecule has 3 aromatic carbocycles. The molecule has 0 aliphatic carbocycles. The second-order valence-electron chi connectivity index (χ2n) is 7.56. The van der Waals surface area contributed by atoms with E-state index in [0.717, 1.165) is 10.5 Å². The maximum absolute atomic E-state index is 14.2. The van der Waals surface area contributed by atoms with E-state index < -0.39 is 21.9 Å². The van der Waals surface area contributed by atoms with Crippen LogP contribution in [0.4, 0.5) is 14.9 Å². The van der Waals surface area contributed by atoms with E-state index in [-0.39, 0.29) is 51.4 Å². The van der Waals surface area contributed by atoms with Crippen LogP contribution in [0.2, 0.25) is 5.02 Å². The molecule has 1 aliphatic rings. The molecule has 1 heterocycles. The van der Waals surface area contributed by atoms with Gasteiger partial charge < -0.3 is 9.47 Å². The summed E-state index contributed by atoms with van der Waals surface area (Å²) in [6, 6.07) is 15.8. The fourth-order valence-electron chi connectivity index (χ4n) is 3.47. The summed E-state index contributed by atoms with van der Waals surface area (Å²) in [6.07, 6.45) is 1.23. The Bertz CT molecular complexity index is 1360. The average Bonchev–Trinajstić information content (AvgIpc) is 3.12. The Morgan fingerprint density at radius 3 is 2.53 bits per heavy atom. The molecule has 0 N–H and O–H groups in total. The first-order chi connectivity index (χ1) is 17.3. The van der Waals surface area contributed by atoms with Crippen LogP contribution in [-0.4, -0.2) is 28.1 Å². The molecular formula is C25H18ClFN2O6S. The summed E-state index contributed by atoms with van der Waals surface area (Å²) in [5.41, 5.74) is 0.548. The molecule has 3 aromatic rings. The van der Waals surface area contributed by atoms with Crippen molar-refractivity contribution in [3.8, 4) is 11.5 Å². The zero-order valence-corrected chi connectivity index (χ0v) is 20.3. The number of imide groups is 1. The minimum absolute atomic E-state index is 0.00437. The highest BCUT2D eigenvalue weighted by Crippen LogP contribution is 2.40. The van der Waals surface area contributed by atoms with Crippen molar-refractivity contribution in [3.05, 3.63) is 103 Å². The summed E-state index contributed by atoms with van der Waals surface area (Å²) in [7, 11) is 1.38. The number of ether oxygens (including phenoxy) is 2. The molecule has 0 bridgehead atoms. The number of benzene rings is 3. The van der Waals surface area contributed by atoms with Crippen LogP contribution in [0.15, 0.2) is 65.6 Å². The van der Waals surface area contributed by atoms with Gasteiger partial charge in [0, 0.05) is 10.6 Å². The summed E-state index contributed by atoms with van der Waals surface area (Å²) in [4.78, 5) is 37.4. The summed E-state index contributed by atoms with van der Waals surface area (Å²) in [6.45, 7) is -0.212. The van der Waals surface area contributed by atoms with E-state index in [1.807, 2.05) is 30.3 Å². The molecule has 11 heteroatoms. The number of hydrogen-bond donors (Lipinski definition) is 0. The third-order valence-electron chi connectivity index (χ3n) is 5.28. The number of carbonyl (C=O) groups is 2. The Labute approximate surface area is 214 Å². The van der Waals surface area contributed by atoms with Crippen LogP contribution in [-0.2, 0) is 17.9 Å². The topological polar surface area (TPSA) is 99.0 Å². The Hall–Kier alpha value is -3.89. The highest BCUT2D eigenvalue weighted by molar-refractivity contribution is 8.18. The number of nitro groups is 1. The summed E-state index contributed by atoms with van der Waals surface area (Å²) < 4.78 is 25.3. The first-order valence-corrected chi connectivity index (χ1v) is 11.7. The van der Waals surface area contributed by atoms with Crippen molar-refractivity contribution in [2.45, 2.75) is 13.2 Å². The van der Waals surface area contributed by atoms with E-state index in [2.05, 4.69) is 0 Å². The number of nitro benzene ring substituents is 1. The number of rotatable bonds is 8. The number of methoxy groups -OCH3 is 1. The summed E-state index contributed by atoms with van der Waals surface area (Å²) in [5.74, 6) is -1.02. The lowest BCUT2D eigenvalue weighted by Crippen LogP contribution is -2.28. The third-order valence-corrected chi connectivity index (χ3v) is 6.55. The summed E-state index contributed by atoms with van der Waals surface area (Å²) >= 11 is 6.62. The van der Waals surface area contributed by atoms with Gasteiger partial charge in [0.1, 0.15) is 12.4 Å². The molecule has 0 radical (unpaired) electrons. The summed E-state index contributed by atoms with van der Waals surface area (Å²) in [5, 5.41) is 11.2. The first kappa shape index (κ1) is 25.2. The molecular weight excluding hydrogens is 511 g/mol. The van der Waals surface area contributed by atoms with Gasteiger partial charge >= 0.3 is 0 Å². The Kier molecular flexibility index (Phi) is 7.56. The maximum atomic E-state index is 14.2. The highest BCUT2D eigenvalue weighted by Gasteiger charge is 2.36. The fourth-order valence-corrected chi connectivity index (χ4v) is 4.52. The van der Waals surface area contributed by atoms with Crippen LogP contribution in [0.5, 0.6) is 11.5 Å². The van der Waals surface area contributed by atoms with Gasteiger partial charge in [-0.05, 0) is 41.6 Å². The van der Waals surface area contributed by atoms with Gasteiger partial charge in [-0.15, -0.1) is 0 Å². The standard InChI is InChI=1S/C25H18ClFN2O6S/c1-34-21-10-16(20(29(32)33)12-22(21)35-14-15-6-3-2-4-7-15)11-23-24(30)28(25(31)36-23)13-17-18(26)8-5-9-19(17)27/h2-12H,13-14H2,1H3/b23-11-. The quantitative estimate of drug-likeness (QED) is 0.195. The van der Waals surface area contributed by atoms with Crippen LogP contribution >= 0.6 is 23.4 Å². The number of thioether (sulfide) groups is 1. The second-order valence-corrected chi connectivity index (χ2v) is 8.96. The number of carbonyl (C=O) groups excluding carboxylic acids is 2. The minimum atomic E-state index is -0.720. The lowest BCUT2D eigenvalue weighted by molar-refractivity contribution is -0.385. The average molecular weight is 529 g/mol. The molecule has 1 aliphatic heterocycles. The second kappa shape index (κ2) is 10.8. The molecule has 184 valence electrons. The molecule has 0 spiro atoms. The zero-order chi connectivity index (χ0) is 25.8. The number of hydrogen-bond acceptors (Lipinski definition) is 7. The van der Waals surface area contributed by atoms with E-state index in [1.165, 1.54) is 43.5 Å². The predicted molar refractivity (Wildman–Crippen MR) is 133 cm³/mol. The lowest BCUT2D eigenvalue weighted by Gasteiger charge is -2.14. The minimum Gasteiger partial charge on any atom is -0.493 e. The Morgan fingerprint density at radius 1 is 1.11 bits per heavy atom. The zero-order valence-electron chi connectivity index (χ0n) is 18.8. The molecule has 0 unspecified atom stereocenters. The number of nitrogens with zero attached hydrogens (tertiary/aromatic N) is 2. The van der Waals surface area contributed by atoms with E-state index in [0.29, 0.717) is 11.8 Å². The van der Waals surface area contributed by atoms with Crippen molar-refractivity contribution in [2.24, 2.45) is 0 Å². The molecule has 0 saturated carbocycles. The van der Waals surface area contributed by atoms with Crippen molar-refractivity contribution < 1.29 is 28.4 Å². The molecule has 8 nitrogen and oxygen atoms in total. The van der Waals surface area contributed by atoms with Crippen molar-refractivity contribution in [2.75, 3.05) is 7.11 Å². The van der Waals surface area contributed by atoms with Crippen LogP contribution < -0.4 is 9.47 Å². The van der Waals surface area contributed by atoms with Crippen LogP contribution in [0.25, 0.3) is 6.08 Å². The first-order valence-electron chi connectivity index (χ1n) is 10.5. The molecule has 1 fully saturated rings. The fraction of sp³-hybridized carbons (Fsp3) is 0.120. The van der Waals surface area contributed by atoms with E-state index in [9.17, 15) is 24.1 Å². The molecule has 1 saturated heterocycles. The van der Waals surface area contributed by atoms with Crippen molar-refractivity contribution >= 4 is 46.3 Å². The molecule has 0 atom stereocenters. The van der Waals surface area contributed by atoms with Crippen LogP contribution in [0.1, 0.15) is 16.7 Å². The van der Waals surface area contributed by atoms with E-state index in [1.54, 1.807) is 0 Å². The van der Waals surface area contributed by atoms with Crippen molar-refractivity contribution in [3.63, 3.8) is 0 Å². The van der Waals surface area contributed by atoms with E-state index in [4.69, 9.17) is 21.1 Å². The molecule has 4 rings (SSSR count). The van der Waals surface area contributed by atoms with Gasteiger partial charge in [-0.2, -0.15) is 0 Å². The van der Waals surface area contributed by atoms with Gasteiger partial charge in [-0.3, -0.25) is 24.6 Å². The normalized spacial score (nSPS) is 14.4. The molecule has 36 heavy (non-hydrogen) atoms. The smallest absolute Gasteiger partial charge is 0.293 e. The van der Waals surface area contributed by atoms with Crippen molar-refractivity contribution in [1.29, 1.82) is 0 Å². The largest absolute Gasteiger partial charge is 0.493 e. The third kappa shape index (κ3) is 5.34. The van der Waals surface area contributed by atoms with E-state index >= 15 is 0 Å².